The van der Waals surface area contributed by atoms with Crippen LogP contribution in [0.2, 0.25) is 0 Å². The summed E-state index contributed by atoms with van der Waals surface area (Å²) >= 11 is 0. The van der Waals surface area contributed by atoms with Crippen molar-refractivity contribution < 1.29 is 42.3 Å². The Kier molecular flexibility index (Phi) is 9.71. The van der Waals surface area contributed by atoms with Crippen LogP contribution in [0.5, 0.6) is 0 Å². The van der Waals surface area contributed by atoms with Crippen molar-refractivity contribution in [3.63, 3.8) is 0 Å². The fourth-order valence-corrected chi connectivity index (χ4v) is 2.48. The maximum Gasteiger partial charge on any atom is 0.490 e. The van der Waals surface area contributed by atoms with Crippen LogP contribution in [-0.2, 0) is 24.0 Å². The van der Waals surface area contributed by atoms with Crippen molar-refractivity contribution in [2.24, 2.45) is 16.0 Å². The van der Waals surface area contributed by atoms with E-state index in [4.69, 9.17) is 15.6 Å². The molecule has 1 aliphatic heterocycles. The zero-order valence-electron chi connectivity index (χ0n) is 18.7. The number of halogens is 3. The van der Waals surface area contributed by atoms with E-state index in [1.54, 1.807) is 48.5 Å². The minimum atomic E-state index is -5.08. The number of imide groups is 1. The number of nitrogens with two attached hydrogens (primary N) is 1. The predicted octanol–water partition coefficient (Wildman–Crippen LogP) is 2.50. The van der Waals surface area contributed by atoms with E-state index in [9.17, 15) is 32.3 Å². The van der Waals surface area contributed by atoms with Crippen molar-refractivity contribution >= 4 is 52.3 Å². The normalized spacial score (nSPS) is 12.8. The molecule has 3 rings (SSSR count). The number of anilines is 2. The zero-order chi connectivity index (χ0) is 27.6. The molecular formula is C22H19F3N6O6. The highest BCUT2D eigenvalue weighted by atomic mass is 19.4. The van der Waals surface area contributed by atoms with Gasteiger partial charge in [-0.3, -0.25) is 24.1 Å². The first kappa shape index (κ1) is 28.3. The molecule has 0 spiro atoms. The Morgan fingerprint density at radius 3 is 1.54 bits per heavy atom. The minimum absolute atomic E-state index is 0.0936. The van der Waals surface area contributed by atoms with Crippen molar-refractivity contribution in [1.29, 1.82) is 0 Å². The van der Waals surface area contributed by atoms with Crippen LogP contribution in [0.4, 0.5) is 35.9 Å². The van der Waals surface area contributed by atoms with E-state index in [-0.39, 0.29) is 19.0 Å². The molecular weight excluding hydrogens is 501 g/mol. The molecule has 0 unspecified atom stereocenters. The number of alkyl halides is 3. The lowest BCUT2D eigenvalue weighted by molar-refractivity contribution is -0.192. The molecule has 2 aromatic rings. The maximum atomic E-state index is 12.0. The number of rotatable bonds is 7. The Bertz CT molecular complexity index is 1210. The highest BCUT2D eigenvalue weighted by Gasteiger charge is 2.38. The number of hydrogen-bond donors (Lipinski definition) is 4. The molecule has 0 radical (unpaired) electrons. The largest absolute Gasteiger partial charge is 0.490 e. The van der Waals surface area contributed by atoms with E-state index < -0.39 is 29.9 Å². The van der Waals surface area contributed by atoms with E-state index in [1.807, 2.05) is 0 Å². The average molecular weight is 520 g/mol. The molecule has 0 aromatic heterocycles. The number of nitrogens with zero attached hydrogens (tertiary/aromatic N) is 3. The number of carbonyl (C=O) groups is 5. The monoisotopic (exact) mass is 520 g/mol. The Morgan fingerprint density at radius 1 is 0.811 bits per heavy atom. The standard InChI is InChI=1S/C20H18N6O4.C2HF3O2/c21-11-17(27)22-13-1-5-15(6-2-13)24-25-16-7-3-14(4-8-16)23-18(28)12-26-19(29)9-10-20(26)30;3-2(4,5)1(6)7/h1-10H,11-12,21H2,(H,22,27)(H,23,28);(H,6,7). The number of carboxylic acid groups (broad SMARTS) is 1. The van der Waals surface area contributed by atoms with Crippen LogP contribution in [0.3, 0.4) is 0 Å². The number of azo groups is 1. The quantitative estimate of drug-likeness (QED) is 0.319. The molecule has 194 valence electrons. The average Bonchev–Trinajstić information content (AvgIpc) is 3.16. The zero-order valence-corrected chi connectivity index (χ0v) is 18.7. The summed E-state index contributed by atoms with van der Waals surface area (Å²) in [6.07, 6.45) is -2.84. The van der Waals surface area contributed by atoms with Crippen molar-refractivity contribution in [3.8, 4) is 0 Å². The number of amides is 4. The van der Waals surface area contributed by atoms with Gasteiger partial charge in [-0.2, -0.15) is 23.4 Å². The lowest BCUT2D eigenvalue weighted by atomic mass is 10.3. The molecule has 0 saturated heterocycles. The number of aliphatic carboxylic acids is 1. The molecule has 2 aromatic carbocycles. The van der Waals surface area contributed by atoms with Gasteiger partial charge in [0.05, 0.1) is 17.9 Å². The molecule has 0 saturated carbocycles. The van der Waals surface area contributed by atoms with Crippen molar-refractivity contribution in [2.45, 2.75) is 6.18 Å². The second-order valence-electron chi connectivity index (χ2n) is 6.99. The summed E-state index contributed by atoms with van der Waals surface area (Å²) in [6.45, 7) is -0.447. The SMILES string of the molecule is NCC(=O)Nc1ccc(N=Nc2ccc(NC(=O)CN3C(=O)C=CC3=O)cc2)cc1.O=C(O)C(F)(F)F. The molecule has 37 heavy (non-hydrogen) atoms. The van der Waals surface area contributed by atoms with Crippen molar-refractivity contribution in [1.82, 2.24) is 4.90 Å². The summed E-state index contributed by atoms with van der Waals surface area (Å²) in [6, 6.07) is 13.3. The predicted molar refractivity (Wildman–Crippen MR) is 123 cm³/mol. The highest BCUT2D eigenvalue weighted by Crippen LogP contribution is 2.22. The molecule has 1 heterocycles. The Morgan fingerprint density at radius 2 is 1.19 bits per heavy atom. The van der Waals surface area contributed by atoms with Gasteiger partial charge in [0.1, 0.15) is 6.54 Å². The molecule has 15 heteroatoms. The smallest absolute Gasteiger partial charge is 0.475 e. The highest BCUT2D eigenvalue weighted by molar-refractivity contribution is 6.15. The van der Waals surface area contributed by atoms with Gasteiger partial charge in [-0.15, -0.1) is 0 Å². The summed E-state index contributed by atoms with van der Waals surface area (Å²) in [5.74, 6) is -4.56. The van der Waals surface area contributed by atoms with Gasteiger partial charge in [-0.1, -0.05) is 0 Å². The number of hydrogen-bond acceptors (Lipinski definition) is 8. The van der Waals surface area contributed by atoms with Crippen LogP contribution < -0.4 is 16.4 Å². The minimum Gasteiger partial charge on any atom is -0.475 e. The third-order valence-corrected chi connectivity index (χ3v) is 4.21. The third-order valence-electron chi connectivity index (χ3n) is 4.21. The van der Waals surface area contributed by atoms with Gasteiger partial charge in [0, 0.05) is 23.5 Å². The van der Waals surface area contributed by atoms with Gasteiger partial charge >= 0.3 is 12.1 Å². The van der Waals surface area contributed by atoms with Crippen molar-refractivity contribution in [2.75, 3.05) is 23.7 Å². The number of carbonyl (C=O) groups excluding carboxylic acids is 4. The Hall–Kier alpha value is -4.92. The second kappa shape index (κ2) is 12.7. The van der Waals surface area contributed by atoms with Gasteiger partial charge in [0.2, 0.25) is 11.8 Å². The van der Waals surface area contributed by atoms with Crippen LogP contribution in [0.15, 0.2) is 70.9 Å². The van der Waals surface area contributed by atoms with E-state index >= 15 is 0 Å². The van der Waals surface area contributed by atoms with Crippen LogP contribution in [0.1, 0.15) is 0 Å². The number of carboxylic acids is 1. The van der Waals surface area contributed by atoms with Crippen LogP contribution in [-0.4, -0.2) is 58.9 Å². The third kappa shape index (κ3) is 9.33. The number of nitrogens with one attached hydrogen (secondary N) is 2. The molecule has 4 amide bonds. The maximum absolute atomic E-state index is 12.0. The summed E-state index contributed by atoms with van der Waals surface area (Å²) < 4.78 is 31.7. The molecule has 0 fully saturated rings. The molecule has 1 aliphatic rings. The lowest BCUT2D eigenvalue weighted by Crippen LogP contribution is -2.37. The van der Waals surface area contributed by atoms with E-state index in [0.29, 0.717) is 22.7 Å². The number of benzene rings is 2. The summed E-state index contributed by atoms with van der Waals surface area (Å²) in [5.41, 5.74) is 7.49. The van der Waals surface area contributed by atoms with Gasteiger partial charge in [0.15, 0.2) is 0 Å². The first-order valence-electron chi connectivity index (χ1n) is 10.1. The van der Waals surface area contributed by atoms with Crippen LogP contribution >= 0.6 is 0 Å². The van der Waals surface area contributed by atoms with Crippen LogP contribution in [0, 0.1) is 0 Å². The van der Waals surface area contributed by atoms with E-state index in [2.05, 4.69) is 20.9 Å². The van der Waals surface area contributed by atoms with Crippen molar-refractivity contribution in [3.05, 3.63) is 60.7 Å². The molecule has 5 N–H and O–H groups in total. The van der Waals surface area contributed by atoms with Gasteiger partial charge in [-0.25, -0.2) is 4.79 Å². The first-order chi connectivity index (χ1) is 17.4. The topological polar surface area (TPSA) is 184 Å². The first-order valence-corrected chi connectivity index (χ1v) is 10.1. The molecule has 0 aliphatic carbocycles. The van der Waals surface area contributed by atoms with Gasteiger partial charge < -0.3 is 21.5 Å². The molecule has 0 bridgehead atoms. The summed E-state index contributed by atoms with van der Waals surface area (Å²) in [5, 5.41) is 20.6. The molecule has 12 nitrogen and oxygen atoms in total. The van der Waals surface area contributed by atoms with Crippen LogP contribution in [0.25, 0.3) is 0 Å². The lowest BCUT2D eigenvalue weighted by Gasteiger charge is -2.13. The van der Waals surface area contributed by atoms with Gasteiger partial charge in [0.25, 0.3) is 11.8 Å². The fourth-order valence-electron chi connectivity index (χ4n) is 2.48. The summed E-state index contributed by atoms with van der Waals surface area (Å²) in [7, 11) is 0. The fraction of sp³-hybridized carbons (Fsp3) is 0.136. The molecule has 0 atom stereocenters. The Balaban J connectivity index is 0.000000604. The Labute approximate surface area is 206 Å². The second-order valence-corrected chi connectivity index (χ2v) is 6.99. The summed E-state index contributed by atoms with van der Waals surface area (Å²) in [4.78, 5) is 56.0. The van der Waals surface area contributed by atoms with E-state index in [0.717, 1.165) is 17.1 Å². The van der Waals surface area contributed by atoms with E-state index in [1.165, 1.54) is 0 Å². The van der Waals surface area contributed by atoms with Gasteiger partial charge in [-0.05, 0) is 48.5 Å².